The van der Waals surface area contributed by atoms with Crippen molar-refractivity contribution in [2.45, 2.75) is 89.1 Å². The van der Waals surface area contributed by atoms with Crippen LogP contribution in [0.15, 0.2) is 72.8 Å². The molecule has 46 heavy (non-hydrogen) atoms. The Kier molecular flexibility index (Phi) is 12.3. The molecule has 0 bridgehead atoms. The van der Waals surface area contributed by atoms with E-state index in [-0.39, 0.29) is 43.8 Å². The normalized spacial score (nSPS) is 21.7. The second-order valence-electron chi connectivity index (χ2n) is 12.4. The monoisotopic (exact) mass is 630 g/mol. The summed E-state index contributed by atoms with van der Waals surface area (Å²) in [4.78, 5) is 25.2. The van der Waals surface area contributed by atoms with Crippen molar-refractivity contribution in [1.29, 1.82) is 0 Å². The van der Waals surface area contributed by atoms with Crippen LogP contribution in [0, 0.1) is 0 Å². The predicted molar refractivity (Wildman–Crippen MR) is 175 cm³/mol. The number of ether oxygens (including phenoxy) is 2. The number of hydrogen-bond donors (Lipinski definition) is 4. The van der Waals surface area contributed by atoms with Crippen molar-refractivity contribution >= 4 is 11.9 Å². The number of hydrogen-bond acceptors (Lipinski definition) is 7. The number of unbranched alkanes of at least 4 members (excludes halogenated alkanes) is 2. The minimum atomic E-state index is -0.802. The van der Waals surface area contributed by atoms with Gasteiger partial charge in [-0.25, -0.2) is 0 Å². The zero-order chi connectivity index (χ0) is 32.3. The fraction of sp³-hybridized carbons (Fsp3) is 0.459. The molecule has 9 nitrogen and oxygen atoms in total. The highest BCUT2D eigenvalue weighted by atomic mass is 16.7. The number of benzene rings is 3. The molecule has 2 aliphatic heterocycles. The number of carboxylic acid groups (broad SMARTS) is 1. The van der Waals surface area contributed by atoms with Crippen LogP contribution in [0.2, 0.25) is 0 Å². The Bertz CT molecular complexity index is 1410. The van der Waals surface area contributed by atoms with Gasteiger partial charge in [0.1, 0.15) is 0 Å². The van der Waals surface area contributed by atoms with Gasteiger partial charge in [-0.3, -0.25) is 14.5 Å². The molecule has 2 fully saturated rings. The Balaban J connectivity index is 1.22. The van der Waals surface area contributed by atoms with E-state index in [1.807, 2.05) is 54.6 Å². The lowest BCUT2D eigenvalue weighted by atomic mass is 9.98. The van der Waals surface area contributed by atoms with Crippen molar-refractivity contribution in [3.63, 3.8) is 0 Å². The minimum absolute atomic E-state index is 0.000847. The third kappa shape index (κ3) is 9.47. The third-order valence-corrected chi connectivity index (χ3v) is 8.99. The van der Waals surface area contributed by atoms with Crippen LogP contribution in [0.25, 0.3) is 11.1 Å². The standard InChI is InChI=1S/C37H46N2O7/c40-24-26-11-13-29(14-12-26)34-21-33(23-39-19-5-8-32(39)25-41)45-37(46-34)30-17-15-28(16-18-30)31-7-4-6-27(20-31)22-38-35(42)9-2-1-3-10-36(43)44/h4,6-7,11-18,20,32-34,37,40-41H,1-3,5,8-10,19,21-25H2,(H,38,42)(H,43,44)/t32-,33+,34-,37-/m0/s1. The first kappa shape index (κ1) is 33.8. The lowest BCUT2D eigenvalue weighted by molar-refractivity contribution is -0.253. The SMILES string of the molecule is O=C(O)CCCCCC(=O)NCc1cccc(-c2ccc([C@H]3O[C@@H](CN4CCC[C@H]4CO)C[C@@H](c4ccc(CO)cc4)O3)cc2)c1. The maximum absolute atomic E-state index is 12.3. The molecule has 0 aromatic heterocycles. The van der Waals surface area contributed by atoms with Crippen molar-refractivity contribution in [3.8, 4) is 11.1 Å². The molecule has 2 aliphatic rings. The van der Waals surface area contributed by atoms with Crippen molar-refractivity contribution in [2.75, 3.05) is 19.7 Å². The zero-order valence-corrected chi connectivity index (χ0v) is 26.4. The van der Waals surface area contributed by atoms with E-state index in [9.17, 15) is 19.8 Å². The average molecular weight is 631 g/mol. The Morgan fingerprint density at radius 2 is 1.61 bits per heavy atom. The van der Waals surface area contributed by atoms with E-state index in [0.29, 0.717) is 32.2 Å². The molecule has 1 amide bonds. The van der Waals surface area contributed by atoms with Gasteiger partial charge in [0.15, 0.2) is 6.29 Å². The van der Waals surface area contributed by atoms with Gasteiger partial charge >= 0.3 is 5.97 Å². The number of nitrogens with one attached hydrogen (secondary N) is 1. The van der Waals surface area contributed by atoms with E-state index in [4.69, 9.17) is 14.6 Å². The number of aliphatic hydroxyl groups excluding tert-OH is 2. The topological polar surface area (TPSA) is 129 Å². The molecule has 4 N–H and O–H groups in total. The maximum atomic E-state index is 12.3. The van der Waals surface area contributed by atoms with Crippen LogP contribution in [-0.4, -0.2) is 63.9 Å². The number of carbonyl (C=O) groups is 2. The van der Waals surface area contributed by atoms with Crippen LogP contribution < -0.4 is 5.32 Å². The van der Waals surface area contributed by atoms with Gasteiger partial charge in [-0.1, -0.05) is 73.2 Å². The fourth-order valence-corrected chi connectivity index (χ4v) is 6.36. The number of rotatable bonds is 15. The number of aliphatic carboxylic acids is 1. The van der Waals surface area contributed by atoms with E-state index < -0.39 is 12.3 Å². The molecule has 0 radical (unpaired) electrons. The molecule has 0 unspecified atom stereocenters. The lowest BCUT2D eigenvalue weighted by Crippen LogP contribution is -2.42. The minimum Gasteiger partial charge on any atom is -0.481 e. The van der Waals surface area contributed by atoms with E-state index in [2.05, 4.69) is 28.4 Å². The number of carbonyl (C=O) groups excluding carboxylic acids is 1. The van der Waals surface area contributed by atoms with Crippen molar-refractivity contribution in [1.82, 2.24) is 10.2 Å². The lowest BCUT2D eigenvalue weighted by Gasteiger charge is -2.38. The Hall–Kier alpha value is -3.60. The summed E-state index contributed by atoms with van der Waals surface area (Å²) >= 11 is 0. The van der Waals surface area contributed by atoms with Crippen molar-refractivity contribution in [2.24, 2.45) is 0 Å². The second-order valence-corrected chi connectivity index (χ2v) is 12.4. The molecule has 246 valence electrons. The summed E-state index contributed by atoms with van der Waals surface area (Å²) < 4.78 is 13.1. The van der Waals surface area contributed by atoms with Crippen LogP contribution >= 0.6 is 0 Å². The molecule has 9 heteroatoms. The summed E-state index contributed by atoms with van der Waals surface area (Å²) in [6.07, 6.45) is 4.54. The summed E-state index contributed by atoms with van der Waals surface area (Å²) in [6, 6.07) is 24.4. The van der Waals surface area contributed by atoms with Gasteiger partial charge in [0, 0.05) is 44.0 Å². The highest BCUT2D eigenvalue weighted by molar-refractivity contribution is 5.76. The van der Waals surface area contributed by atoms with Gasteiger partial charge in [-0.15, -0.1) is 0 Å². The van der Waals surface area contributed by atoms with E-state index in [0.717, 1.165) is 65.7 Å². The van der Waals surface area contributed by atoms with E-state index in [1.165, 1.54) is 0 Å². The molecule has 3 aromatic carbocycles. The van der Waals surface area contributed by atoms with Gasteiger partial charge in [0.25, 0.3) is 0 Å². The Morgan fingerprint density at radius 1 is 0.848 bits per heavy atom. The smallest absolute Gasteiger partial charge is 0.303 e. The summed E-state index contributed by atoms with van der Waals surface area (Å²) in [6.45, 7) is 2.28. The highest BCUT2D eigenvalue weighted by Crippen LogP contribution is 2.39. The third-order valence-electron chi connectivity index (χ3n) is 8.99. The Labute approximate surface area is 271 Å². The van der Waals surface area contributed by atoms with Gasteiger partial charge in [-0.05, 0) is 66.1 Å². The summed E-state index contributed by atoms with van der Waals surface area (Å²) in [5.41, 5.74) is 5.93. The first-order valence-corrected chi connectivity index (χ1v) is 16.4. The second kappa shape index (κ2) is 16.8. The zero-order valence-electron chi connectivity index (χ0n) is 26.4. The molecule has 0 aliphatic carbocycles. The quantitative estimate of drug-likeness (QED) is 0.162. The maximum Gasteiger partial charge on any atom is 0.303 e. The highest BCUT2D eigenvalue weighted by Gasteiger charge is 2.35. The number of nitrogens with zero attached hydrogens (tertiary/aromatic N) is 1. The van der Waals surface area contributed by atoms with Crippen LogP contribution in [0.3, 0.4) is 0 Å². The number of aliphatic hydroxyl groups is 2. The first-order chi connectivity index (χ1) is 22.4. The molecule has 5 rings (SSSR count). The number of likely N-dealkylation sites (tertiary alicyclic amines) is 1. The van der Waals surface area contributed by atoms with Crippen molar-refractivity contribution in [3.05, 3.63) is 95.1 Å². The predicted octanol–water partition coefficient (Wildman–Crippen LogP) is 5.50. The molecule has 0 saturated carbocycles. The molecule has 0 spiro atoms. The molecular formula is C37H46N2O7. The number of amides is 1. The molecule has 2 saturated heterocycles. The van der Waals surface area contributed by atoms with Gasteiger partial charge in [-0.2, -0.15) is 0 Å². The number of carboxylic acids is 1. The van der Waals surface area contributed by atoms with E-state index >= 15 is 0 Å². The first-order valence-electron chi connectivity index (χ1n) is 16.4. The van der Waals surface area contributed by atoms with Crippen LogP contribution in [0.5, 0.6) is 0 Å². The molecule has 2 heterocycles. The summed E-state index contributed by atoms with van der Waals surface area (Å²) in [5, 5.41) is 31.1. The van der Waals surface area contributed by atoms with Crippen LogP contribution in [0.4, 0.5) is 0 Å². The molecule has 3 aromatic rings. The average Bonchev–Trinajstić information content (AvgIpc) is 3.54. The van der Waals surface area contributed by atoms with Gasteiger partial charge in [0.05, 0.1) is 25.4 Å². The summed E-state index contributed by atoms with van der Waals surface area (Å²) in [7, 11) is 0. The molecule has 4 atom stereocenters. The van der Waals surface area contributed by atoms with Crippen molar-refractivity contribution < 1.29 is 34.4 Å². The largest absolute Gasteiger partial charge is 0.481 e. The Morgan fingerprint density at radius 3 is 2.35 bits per heavy atom. The van der Waals surface area contributed by atoms with Crippen LogP contribution in [-0.2, 0) is 32.2 Å². The summed E-state index contributed by atoms with van der Waals surface area (Å²) in [5.74, 6) is -0.834. The van der Waals surface area contributed by atoms with E-state index in [1.54, 1.807) is 0 Å². The fourth-order valence-electron chi connectivity index (χ4n) is 6.36. The van der Waals surface area contributed by atoms with Crippen LogP contribution in [0.1, 0.15) is 86.0 Å². The van der Waals surface area contributed by atoms with Gasteiger partial charge in [0.2, 0.25) is 5.91 Å². The molecular weight excluding hydrogens is 584 g/mol. The van der Waals surface area contributed by atoms with Gasteiger partial charge < -0.3 is 30.1 Å².